The molecule has 5 nitrogen and oxygen atoms in total. The maximum atomic E-state index is 12.1. The summed E-state index contributed by atoms with van der Waals surface area (Å²) in [6.45, 7) is 1.00. The third-order valence-corrected chi connectivity index (χ3v) is 4.18. The van der Waals surface area contributed by atoms with Gasteiger partial charge in [0.15, 0.2) is 0 Å². The van der Waals surface area contributed by atoms with Crippen LogP contribution in [0.3, 0.4) is 0 Å². The van der Waals surface area contributed by atoms with Crippen molar-refractivity contribution in [2.45, 2.75) is 13.0 Å². The minimum atomic E-state index is -0.0116. The second kappa shape index (κ2) is 10.0. The molecule has 28 heavy (non-hydrogen) atoms. The molecule has 0 aliphatic rings. The molecule has 0 aliphatic carbocycles. The fourth-order valence-electron chi connectivity index (χ4n) is 2.72. The quantitative estimate of drug-likeness (QED) is 0.573. The number of carbonyl (C=O) groups excluding carboxylic acids is 1. The molecule has 0 aromatic heterocycles. The molecule has 0 unspecified atom stereocenters. The zero-order valence-corrected chi connectivity index (χ0v) is 15.9. The van der Waals surface area contributed by atoms with Gasteiger partial charge in [0.2, 0.25) is 5.91 Å². The van der Waals surface area contributed by atoms with Crippen LogP contribution in [0.15, 0.2) is 78.9 Å². The number of hydrogen-bond donors (Lipinski definition) is 2. The molecule has 3 aromatic carbocycles. The van der Waals surface area contributed by atoms with E-state index in [9.17, 15) is 4.79 Å². The Morgan fingerprint density at radius 1 is 0.857 bits per heavy atom. The lowest BCUT2D eigenvalue weighted by atomic mass is 10.2. The number of carbonyl (C=O) groups is 1. The van der Waals surface area contributed by atoms with Crippen molar-refractivity contribution in [2.75, 3.05) is 19.0 Å². The molecule has 144 valence electrons. The molecule has 0 radical (unpaired) electrons. The van der Waals surface area contributed by atoms with E-state index in [1.807, 2.05) is 78.9 Å². The van der Waals surface area contributed by atoms with Gasteiger partial charge in [0, 0.05) is 30.8 Å². The van der Waals surface area contributed by atoms with Crippen molar-refractivity contribution in [3.05, 3.63) is 84.4 Å². The van der Waals surface area contributed by atoms with Gasteiger partial charge < -0.3 is 20.1 Å². The maximum Gasteiger partial charge on any atom is 0.222 e. The average Bonchev–Trinajstić information content (AvgIpc) is 2.74. The Hall–Kier alpha value is -3.47. The summed E-state index contributed by atoms with van der Waals surface area (Å²) in [5.74, 6) is 2.34. The summed E-state index contributed by atoms with van der Waals surface area (Å²) in [6.07, 6.45) is 0.386. The van der Waals surface area contributed by atoms with E-state index in [-0.39, 0.29) is 5.91 Å². The predicted octanol–water partition coefficient (Wildman–Crippen LogP) is 4.61. The maximum absolute atomic E-state index is 12.1. The number of nitrogens with one attached hydrogen (secondary N) is 2. The zero-order valence-electron chi connectivity index (χ0n) is 15.9. The Morgan fingerprint density at radius 3 is 2.29 bits per heavy atom. The number of hydrogen-bond acceptors (Lipinski definition) is 4. The van der Waals surface area contributed by atoms with Gasteiger partial charge in [-0.3, -0.25) is 4.79 Å². The highest BCUT2D eigenvalue weighted by Crippen LogP contribution is 2.22. The van der Waals surface area contributed by atoms with Crippen LogP contribution < -0.4 is 20.1 Å². The predicted molar refractivity (Wildman–Crippen MR) is 111 cm³/mol. The number of para-hydroxylation sites is 2. The Labute approximate surface area is 165 Å². The number of rotatable bonds is 9. The molecular weight excluding hydrogens is 352 g/mol. The smallest absolute Gasteiger partial charge is 0.222 e. The summed E-state index contributed by atoms with van der Waals surface area (Å²) in [5, 5.41) is 6.16. The highest BCUT2D eigenvalue weighted by atomic mass is 16.5. The van der Waals surface area contributed by atoms with Gasteiger partial charge in [-0.2, -0.15) is 0 Å². The second-order valence-corrected chi connectivity index (χ2v) is 6.20. The molecule has 3 aromatic rings. The van der Waals surface area contributed by atoms with Crippen molar-refractivity contribution in [1.82, 2.24) is 5.32 Å². The van der Waals surface area contributed by atoms with Crippen molar-refractivity contribution >= 4 is 11.6 Å². The Morgan fingerprint density at radius 2 is 1.54 bits per heavy atom. The van der Waals surface area contributed by atoms with Gasteiger partial charge in [-0.15, -0.1) is 0 Å². The van der Waals surface area contributed by atoms with Crippen molar-refractivity contribution in [3.63, 3.8) is 0 Å². The van der Waals surface area contributed by atoms with E-state index < -0.39 is 0 Å². The van der Waals surface area contributed by atoms with Crippen LogP contribution >= 0.6 is 0 Å². The number of amides is 1. The molecule has 5 heteroatoms. The molecule has 0 saturated carbocycles. The van der Waals surface area contributed by atoms with Gasteiger partial charge in [-0.1, -0.05) is 36.4 Å². The van der Waals surface area contributed by atoms with Gasteiger partial charge in [0.25, 0.3) is 0 Å². The minimum Gasteiger partial charge on any atom is -0.496 e. The molecular formula is C23H24N2O3. The number of ether oxygens (including phenoxy) is 2. The molecule has 0 bridgehead atoms. The topological polar surface area (TPSA) is 59.6 Å². The first kappa shape index (κ1) is 19.3. The number of anilines is 1. The van der Waals surface area contributed by atoms with Crippen LogP contribution in [0.5, 0.6) is 17.2 Å². The fourth-order valence-corrected chi connectivity index (χ4v) is 2.72. The fraction of sp³-hybridized carbons (Fsp3) is 0.174. The first-order valence-electron chi connectivity index (χ1n) is 9.20. The van der Waals surface area contributed by atoms with E-state index in [4.69, 9.17) is 9.47 Å². The molecule has 0 spiro atoms. The van der Waals surface area contributed by atoms with Crippen LogP contribution in [0.1, 0.15) is 12.0 Å². The largest absolute Gasteiger partial charge is 0.496 e. The van der Waals surface area contributed by atoms with Gasteiger partial charge in [-0.25, -0.2) is 0 Å². The minimum absolute atomic E-state index is 0.0116. The lowest BCUT2D eigenvalue weighted by Crippen LogP contribution is -2.25. The third-order valence-electron chi connectivity index (χ3n) is 4.18. The highest BCUT2D eigenvalue weighted by Gasteiger charge is 2.05. The summed E-state index contributed by atoms with van der Waals surface area (Å²) in [4.78, 5) is 12.1. The summed E-state index contributed by atoms with van der Waals surface area (Å²) >= 11 is 0. The lowest BCUT2D eigenvalue weighted by molar-refractivity contribution is -0.121. The van der Waals surface area contributed by atoms with Gasteiger partial charge in [0.1, 0.15) is 17.2 Å². The van der Waals surface area contributed by atoms with Crippen LogP contribution in [0.4, 0.5) is 5.69 Å². The molecule has 0 heterocycles. The standard InChI is InChI=1S/C23H24N2O3/c1-27-22-10-6-5-7-18(22)17-25-23(26)15-16-24-19-11-13-21(14-12-19)28-20-8-3-2-4-9-20/h2-14,24H,15-17H2,1H3,(H,25,26). The molecule has 3 rings (SSSR count). The molecule has 0 saturated heterocycles. The van der Waals surface area contributed by atoms with Crippen LogP contribution in [-0.2, 0) is 11.3 Å². The number of benzene rings is 3. The van der Waals surface area contributed by atoms with Crippen LogP contribution in [0.2, 0.25) is 0 Å². The normalized spacial score (nSPS) is 10.2. The Bertz CT molecular complexity index is 880. The van der Waals surface area contributed by atoms with Crippen LogP contribution in [-0.4, -0.2) is 19.6 Å². The van der Waals surface area contributed by atoms with Gasteiger partial charge in [-0.05, 0) is 42.5 Å². The van der Waals surface area contributed by atoms with Crippen LogP contribution in [0.25, 0.3) is 0 Å². The Kier molecular flexibility index (Phi) is 6.90. The van der Waals surface area contributed by atoms with E-state index in [2.05, 4.69) is 10.6 Å². The molecule has 0 atom stereocenters. The van der Waals surface area contributed by atoms with Crippen molar-refractivity contribution in [2.24, 2.45) is 0 Å². The monoisotopic (exact) mass is 376 g/mol. The molecule has 1 amide bonds. The van der Waals surface area contributed by atoms with E-state index in [1.54, 1.807) is 7.11 Å². The lowest BCUT2D eigenvalue weighted by Gasteiger charge is -2.11. The SMILES string of the molecule is COc1ccccc1CNC(=O)CCNc1ccc(Oc2ccccc2)cc1. The first-order valence-corrected chi connectivity index (χ1v) is 9.20. The summed E-state index contributed by atoms with van der Waals surface area (Å²) in [5.41, 5.74) is 1.90. The number of methoxy groups -OCH3 is 1. The molecule has 0 aliphatic heterocycles. The first-order chi connectivity index (χ1) is 13.7. The van der Waals surface area contributed by atoms with E-state index in [1.165, 1.54) is 0 Å². The summed E-state index contributed by atoms with van der Waals surface area (Å²) in [7, 11) is 1.63. The average molecular weight is 376 g/mol. The third kappa shape index (κ3) is 5.77. The molecule has 0 fully saturated rings. The summed E-state index contributed by atoms with van der Waals surface area (Å²) < 4.78 is 11.1. The van der Waals surface area contributed by atoms with E-state index in [0.717, 1.165) is 28.5 Å². The Balaban J connectivity index is 1.40. The van der Waals surface area contributed by atoms with E-state index >= 15 is 0 Å². The summed E-state index contributed by atoms with van der Waals surface area (Å²) in [6, 6.07) is 25.0. The zero-order chi connectivity index (χ0) is 19.6. The highest BCUT2D eigenvalue weighted by molar-refractivity contribution is 5.76. The van der Waals surface area contributed by atoms with Crippen molar-refractivity contribution in [3.8, 4) is 17.2 Å². The van der Waals surface area contributed by atoms with Gasteiger partial charge >= 0.3 is 0 Å². The van der Waals surface area contributed by atoms with Crippen LogP contribution in [0, 0.1) is 0 Å². The van der Waals surface area contributed by atoms with Crippen molar-refractivity contribution < 1.29 is 14.3 Å². The molecule has 2 N–H and O–H groups in total. The van der Waals surface area contributed by atoms with Crippen molar-refractivity contribution in [1.29, 1.82) is 0 Å². The second-order valence-electron chi connectivity index (χ2n) is 6.20. The van der Waals surface area contributed by atoms with E-state index in [0.29, 0.717) is 19.5 Å². The van der Waals surface area contributed by atoms with Gasteiger partial charge in [0.05, 0.1) is 7.11 Å².